The fourth-order valence-corrected chi connectivity index (χ4v) is 4.43. The fraction of sp³-hybridized carbons (Fsp3) is 0.333. The SMILES string of the molecule is c1ccc(Cn2nnc3c(N[C@@H]4CCCc5ccccc54)nc(C4CC4)nc32)cc1. The van der Waals surface area contributed by atoms with Gasteiger partial charge >= 0.3 is 0 Å². The lowest BCUT2D eigenvalue weighted by Crippen LogP contribution is -2.18. The van der Waals surface area contributed by atoms with Crippen LogP contribution in [0.3, 0.4) is 0 Å². The van der Waals surface area contributed by atoms with Crippen LogP contribution in [0.2, 0.25) is 0 Å². The molecule has 2 aromatic heterocycles. The van der Waals surface area contributed by atoms with Gasteiger partial charge in [-0.25, -0.2) is 14.6 Å². The smallest absolute Gasteiger partial charge is 0.184 e. The summed E-state index contributed by atoms with van der Waals surface area (Å²) in [4.78, 5) is 9.79. The number of fused-ring (bicyclic) bond motifs is 2. The van der Waals surface area contributed by atoms with E-state index in [4.69, 9.17) is 9.97 Å². The van der Waals surface area contributed by atoms with Crippen molar-refractivity contribution in [2.75, 3.05) is 5.32 Å². The molecule has 6 rings (SSSR count). The Morgan fingerprint density at radius 1 is 0.933 bits per heavy atom. The molecule has 6 nitrogen and oxygen atoms in total. The van der Waals surface area contributed by atoms with E-state index in [-0.39, 0.29) is 6.04 Å². The van der Waals surface area contributed by atoms with Gasteiger partial charge < -0.3 is 5.32 Å². The summed E-state index contributed by atoms with van der Waals surface area (Å²) in [6.45, 7) is 0.657. The number of anilines is 1. The average Bonchev–Trinajstić information content (AvgIpc) is 3.57. The topological polar surface area (TPSA) is 68.5 Å². The molecule has 30 heavy (non-hydrogen) atoms. The predicted molar refractivity (Wildman–Crippen MR) is 116 cm³/mol. The number of hydrogen-bond donors (Lipinski definition) is 1. The van der Waals surface area contributed by atoms with Crippen LogP contribution < -0.4 is 5.32 Å². The highest BCUT2D eigenvalue weighted by atomic mass is 15.4. The van der Waals surface area contributed by atoms with Gasteiger partial charge in [0.1, 0.15) is 5.82 Å². The van der Waals surface area contributed by atoms with E-state index >= 15 is 0 Å². The largest absolute Gasteiger partial charge is 0.361 e. The lowest BCUT2D eigenvalue weighted by molar-refractivity contribution is 0.598. The van der Waals surface area contributed by atoms with E-state index in [0.29, 0.717) is 12.5 Å². The van der Waals surface area contributed by atoms with Gasteiger partial charge in [-0.05, 0) is 48.8 Å². The highest BCUT2D eigenvalue weighted by molar-refractivity contribution is 5.82. The zero-order chi connectivity index (χ0) is 19.9. The van der Waals surface area contributed by atoms with Crippen molar-refractivity contribution in [2.24, 2.45) is 0 Å². The number of benzene rings is 2. The number of nitrogens with one attached hydrogen (secondary N) is 1. The first-order valence-electron chi connectivity index (χ1n) is 10.8. The zero-order valence-corrected chi connectivity index (χ0v) is 16.8. The molecule has 4 aromatic rings. The lowest BCUT2D eigenvalue weighted by Gasteiger charge is -2.26. The van der Waals surface area contributed by atoms with Gasteiger partial charge in [0.2, 0.25) is 0 Å². The molecule has 0 saturated heterocycles. The van der Waals surface area contributed by atoms with Crippen LogP contribution in [-0.4, -0.2) is 25.0 Å². The number of aromatic nitrogens is 5. The van der Waals surface area contributed by atoms with Crippen LogP contribution in [0.1, 0.15) is 60.2 Å². The van der Waals surface area contributed by atoms with Crippen molar-refractivity contribution < 1.29 is 0 Å². The molecule has 2 aromatic carbocycles. The van der Waals surface area contributed by atoms with Gasteiger partial charge in [-0.2, -0.15) is 0 Å². The second-order valence-electron chi connectivity index (χ2n) is 8.40. The number of nitrogens with zero attached hydrogens (tertiary/aromatic N) is 5. The Hall–Kier alpha value is -3.28. The third kappa shape index (κ3) is 3.22. The maximum Gasteiger partial charge on any atom is 0.184 e. The molecule has 0 bridgehead atoms. The van der Waals surface area contributed by atoms with Crippen molar-refractivity contribution in [1.82, 2.24) is 25.0 Å². The molecule has 1 saturated carbocycles. The van der Waals surface area contributed by atoms with Crippen molar-refractivity contribution in [3.63, 3.8) is 0 Å². The number of aryl methyl sites for hydroxylation is 1. The van der Waals surface area contributed by atoms with E-state index in [9.17, 15) is 0 Å². The average molecular weight is 396 g/mol. The van der Waals surface area contributed by atoms with Crippen LogP contribution in [0, 0.1) is 0 Å². The van der Waals surface area contributed by atoms with E-state index in [0.717, 1.165) is 48.5 Å². The highest BCUT2D eigenvalue weighted by Crippen LogP contribution is 2.40. The molecule has 1 N–H and O–H groups in total. The second-order valence-corrected chi connectivity index (χ2v) is 8.40. The highest BCUT2D eigenvalue weighted by Gasteiger charge is 2.30. The maximum absolute atomic E-state index is 4.91. The van der Waals surface area contributed by atoms with Gasteiger partial charge in [0.05, 0.1) is 12.6 Å². The summed E-state index contributed by atoms with van der Waals surface area (Å²) in [5.41, 5.74) is 5.58. The van der Waals surface area contributed by atoms with Gasteiger partial charge in [0, 0.05) is 5.92 Å². The minimum atomic E-state index is 0.249. The first-order valence-corrected chi connectivity index (χ1v) is 10.8. The van der Waals surface area contributed by atoms with E-state index in [2.05, 4.69) is 52.0 Å². The summed E-state index contributed by atoms with van der Waals surface area (Å²) in [6, 6.07) is 19.3. The summed E-state index contributed by atoms with van der Waals surface area (Å²) in [5, 5.41) is 12.6. The molecule has 6 heteroatoms. The minimum absolute atomic E-state index is 0.249. The first kappa shape index (κ1) is 17.6. The van der Waals surface area contributed by atoms with Crippen LogP contribution in [0.4, 0.5) is 5.82 Å². The third-order valence-corrected chi connectivity index (χ3v) is 6.18. The summed E-state index contributed by atoms with van der Waals surface area (Å²) in [5.74, 6) is 2.21. The maximum atomic E-state index is 4.91. The minimum Gasteiger partial charge on any atom is -0.361 e. The molecule has 2 aliphatic rings. The Labute approximate surface area is 175 Å². The van der Waals surface area contributed by atoms with Crippen LogP contribution in [0.5, 0.6) is 0 Å². The molecule has 0 unspecified atom stereocenters. The molecule has 0 spiro atoms. The first-order chi connectivity index (χ1) is 14.8. The summed E-state index contributed by atoms with van der Waals surface area (Å²) in [6.07, 6.45) is 5.75. The molecule has 0 amide bonds. The van der Waals surface area contributed by atoms with Crippen molar-refractivity contribution in [3.05, 3.63) is 77.1 Å². The Morgan fingerprint density at radius 3 is 2.63 bits per heavy atom. The van der Waals surface area contributed by atoms with Crippen molar-refractivity contribution in [3.8, 4) is 0 Å². The van der Waals surface area contributed by atoms with Crippen LogP contribution >= 0.6 is 0 Å². The summed E-state index contributed by atoms with van der Waals surface area (Å²) >= 11 is 0. The second kappa shape index (κ2) is 7.20. The monoisotopic (exact) mass is 396 g/mol. The van der Waals surface area contributed by atoms with E-state index in [1.165, 1.54) is 23.1 Å². The molecular weight excluding hydrogens is 372 g/mol. The van der Waals surface area contributed by atoms with Crippen molar-refractivity contribution >= 4 is 17.0 Å². The Balaban J connectivity index is 1.40. The van der Waals surface area contributed by atoms with Crippen molar-refractivity contribution in [2.45, 2.75) is 50.6 Å². The number of rotatable bonds is 5. The van der Waals surface area contributed by atoms with Crippen LogP contribution in [0.15, 0.2) is 54.6 Å². The molecule has 150 valence electrons. The van der Waals surface area contributed by atoms with Crippen LogP contribution in [-0.2, 0) is 13.0 Å². The summed E-state index contributed by atoms with van der Waals surface area (Å²) in [7, 11) is 0. The molecular formula is C24H24N6. The van der Waals surface area contributed by atoms with E-state index < -0.39 is 0 Å². The van der Waals surface area contributed by atoms with Crippen molar-refractivity contribution in [1.29, 1.82) is 0 Å². The molecule has 2 heterocycles. The van der Waals surface area contributed by atoms with Gasteiger partial charge in [-0.1, -0.05) is 59.8 Å². The van der Waals surface area contributed by atoms with Gasteiger partial charge in [0.15, 0.2) is 17.0 Å². The molecule has 1 atom stereocenters. The standard InChI is InChI=1S/C24H24N6/c1-2-7-16(8-3-1)15-30-24-21(28-29-30)23(26-22(27-24)18-13-14-18)25-20-12-6-10-17-9-4-5-11-19(17)20/h1-5,7-9,11,18,20H,6,10,12-15H2,(H,25,26,27)/t20-/m1/s1. The Bertz CT molecular complexity index is 1200. The van der Waals surface area contributed by atoms with E-state index in [1.54, 1.807) is 0 Å². The fourth-order valence-electron chi connectivity index (χ4n) is 4.43. The molecule has 1 fully saturated rings. The van der Waals surface area contributed by atoms with Gasteiger partial charge in [-0.15, -0.1) is 5.10 Å². The quantitative estimate of drug-likeness (QED) is 0.532. The molecule has 2 aliphatic carbocycles. The lowest BCUT2D eigenvalue weighted by atomic mass is 9.88. The van der Waals surface area contributed by atoms with E-state index in [1.807, 2.05) is 22.9 Å². The van der Waals surface area contributed by atoms with Gasteiger partial charge in [0.25, 0.3) is 0 Å². The molecule has 0 aliphatic heterocycles. The molecule has 0 radical (unpaired) electrons. The Morgan fingerprint density at radius 2 is 1.77 bits per heavy atom. The third-order valence-electron chi connectivity index (χ3n) is 6.18. The normalized spacial score (nSPS) is 18.3. The summed E-state index contributed by atoms with van der Waals surface area (Å²) < 4.78 is 1.90. The predicted octanol–water partition coefficient (Wildman–Crippen LogP) is 4.64. The van der Waals surface area contributed by atoms with Gasteiger partial charge in [-0.3, -0.25) is 0 Å². The zero-order valence-electron chi connectivity index (χ0n) is 16.8. The Kier molecular flexibility index (Phi) is 4.22. The number of hydrogen-bond acceptors (Lipinski definition) is 5. The van der Waals surface area contributed by atoms with Crippen LogP contribution in [0.25, 0.3) is 11.2 Å².